The van der Waals surface area contributed by atoms with Crippen molar-refractivity contribution in [1.29, 1.82) is 0 Å². The van der Waals surface area contributed by atoms with E-state index in [0.29, 0.717) is 23.4 Å². The fourth-order valence-corrected chi connectivity index (χ4v) is 3.06. The number of carbonyl (C=O) groups is 1. The van der Waals surface area contributed by atoms with Crippen molar-refractivity contribution in [3.8, 4) is 5.75 Å². The number of nitrogens with one attached hydrogen (secondary N) is 1. The third kappa shape index (κ3) is 3.31. The van der Waals surface area contributed by atoms with Gasteiger partial charge in [0, 0.05) is 23.2 Å². The van der Waals surface area contributed by atoms with Gasteiger partial charge in [-0.2, -0.15) is 0 Å². The van der Waals surface area contributed by atoms with Gasteiger partial charge in [0.15, 0.2) is 0 Å². The van der Waals surface area contributed by atoms with Crippen LogP contribution in [0.25, 0.3) is 0 Å². The maximum atomic E-state index is 13.3. The molecule has 1 unspecified atom stereocenters. The van der Waals surface area contributed by atoms with E-state index in [0.717, 1.165) is 5.56 Å². The van der Waals surface area contributed by atoms with Crippen LogP contribution in [0.3, 0.4) is 0 Å². The molecule has 1 heterocycles. The first-order valence-electron chi connectivity index (χ1n) is 7.59. The molecule has 0 radical (unpaired) electrons. The Kier molecular flexibility index (Phi) is 4.13. The highest BCUT2D eigenvalue weighted by Gasteiger charge is 2.34. The minimum absolute atomic E-state index is 0.0837. The lowest BCUT2D eigenvalue weighted by Crippen LogP contribution is -2.41. The van der Waals surface area contributed by atoms with E-state index in [1.807, 2.05) is 13.8 Å². The van der Waals surface area contributed by atoms with Gasteiger partial charge in [-0.05, 0) is 50.2 Å². The van der Waals surface area contributed by atoms with E-state index in [2.05, 4.69) is 5.32 Å². The first-order chi connectivity index (χ1) is 11.2. The number of nitrogen functional groups attached to an aromatic ring is 1. The Morgan fingerprint density at radius 3 is 2.79 bits per heavy atom. The second kappa shape index (κ2) is 5.98. The standard InChI is InChI=1S/C18H18ClFN2O2/c1-18(2)9-15(12-8-11(21)4-6-16(12)24-18)22-17(23)10-3-5-14(20)13(19)7-10/h3-8,15H,9,21H2,1-2H3,(H,22,23). The summed E-state index contributed by atoms with van der Waals surface area (Å²) >= 11 is 5.76. The van der Waals surface area contributed by atoms with Crippen LogP contribution >= 0.6 is 11.6 Å². The second-order valence-electron chi connectivity index (χ2n) is 6.52. The summed E-state index contributed by atoms with van der Waals surface area (Å²) < 4.78 is 19.2. The third-order valence-corrected chi connectivity index (χ3v) is 4.27. The average Bonchev–Trinajstić information content (AvgIpc) is 2.50. The number of ether oxygens (including phenoxy) is 1. The number of fused-ring (bicyclic) bond motifs is 1. The van der Waals surface area contributed by atoms with Crippen molar-refractivity contribution < 1.29 is 13.9 Å². The van der Waals surface area contributed by atoms with E-state index in [4.69, 9.17) is 22.1 Å². The van der Waals surface area contributed by atoms with Gasteiger partial charge >= 0.3 is 0 Å². The molecule has 4 nitrogen and oxygen atoms in total. The molecule has 6 heteroatoms. The van der Waals surface area contributed by atoms with Crippen molar-refractivity contribution in [2.75, 3.05) is 5.73 Å². The summed E-state index contributed by atoms with van der Waals surface area (Å²) in [5.74, 6) is -0.186. The van der Waals surface area contributed by atoms with Crippen molar-refractivity contribution in [3.05, 3.63) is 58.4 Å². The second-order valence-corrected chi connectivity index (χ2v) is 6.93. The van der Waals surface area contributed by atoms with Gasteiger partial charge in [-0.1, -0.05) is 11.6 Å². The normalized spacial score (nSPS) is 18.4. The SMILES string of the molecule is CC1(C)CC(NC(=O)c2ccc(F)c(Cl)c2)c2cc(N)ccc2O1. The maximum Gasteiger partial charge on any atom is 0.251 e. The number of hydrogen-bond donors (Lipinski definition) is 2. The molecule has 0 spiro atoms. The summed E-state index contributed by atoms with van der Waals surface area (Å²) in [6.07, 6.45) is 0.587. The molecule has 1 atom stereocenters. The van der Waals surface area contributed by atoms with Crippen LogP contribution in [-0.4, -0.2) is 11.5 Å². The van der Waals surface area contributed by atoms with Gasteiger partial charge in [0.1, 0.15) is 17.2 Å². The molecule has 0 aromatic heterocycles. The molecule has 3 N–H and O–H groups in total. The molecule has 1 amide bonds. The topological polar surface area (TPSA) is 64.4 Å². The lowest BCUT2D eigenvalue weighted by molar-refractivity contribution is 0.0620. The molecule has 2 aromatic rings. The number of anilines is 1. The molecule has 1 aliphatic heterocycles. The zero-order valence-electron chi connectivity index (χ0n) is 13.4. The zero-order chi connectivity index (χ0) is 17.5. The number of rotatable bonds is 2. The monoisotopic (exact) mass is 348 g/mol. The van der Waals surface area contributed by atoms with E-state index in [1.54, 1.807) is 18.2 Å². The lowest BCUT2D eigenvalue weighted by Gasteiger charge is -2.38. The van der Waals surface area contributed by atoms with E-state index < -0.39 is 11.4 Å². The summed E-state index contributed by atoms with van der Waals surface area (Å²) in [6, 6.07) is 9.00. The van der Waals surface area contributed by atoms with Gasteiger partial charge in [-0.3, -0.25) is 4.79 Å². The Bertz CT molecular complexity index is 808. The van der Waals surface area contributed by atoms with E-state index in [1.165, 1.54) is 18.2 Å². The molecule has 2 aromatic carbocycles. The quantitative estimate of drug-likeness (QED) is 0.803. The third-order valence-electron chi connectivity index (χ3n) is 3.98. The number of nitrogens with two attached hydrogens (primary N) is 1. The van der Waals surface area contributed by atoms with Crippen LogP contribution in [0.4, 0.5) is 10.1 Å². The van der Waals surface area contributed by atoms with Crippen LogP contribution in [0.15, 0.2) is 36.4 Å². The highest BCUT2D eigenvalue weighted by atomic mass is 35.5. The minimum Gasteiger partial charge on any atom is -0.487 e. The first kappa shape index (κ1) is 16.6. The fraction of sp³-hybridized carbons (Fsp3) is 0.278. The molecule has 0 aliphatic carbocycles. The van der Waals surface area contributed by atoms with Gasteiger partial charge < -0.3 is 15.8 Å². The number of carbonyl (C=O) groups excluding carboxylic acids is 1. The first-order valence-corrected chi connectivity index (χ1v) is 7.97. The highest BCUT2D eigenvalue weighted by Crippen LogP contribution is 2.40. The van der Waals surface area contributed by atoms with Gasteiger partial charge in [-0.15, -0.1) is 0 Å². The van der Waals surface area contributed by atoms with Gasteiger partial charge in [0.25, 0.3) is 5.91 Å². The van der Waals surface area contributed by atoms with Crippen molar-refractivity contribution in [2.24, 2.45) is 0 Å². The Balaban J connectivity index is 1.90. The summed E-state index contributed by atoms with van der Waals surface area (Å²) in [5.41, 5.74) is 7.16. The Hall–Kier alpha value is -2.27. The van der Waals surface area contributed by atoms with Crippen molar-refractivity contribution in [2.45, 2.75) is 31.9 Å². The summed E-state index contributed by atoms with van der Waals surface area (Å²) in [6.45, 7) is 3.92. The Labute approximate surface area is 144 Å². The number of amides is 1. The Morgan fingerprint density at radius 2 is 2.08 bits per heavy atom. The van der Waals surface area contributed by atoms with Gasteiger partial charge in [-0.25, -0.2) is 4.39 Å². The number of halogens is 2. The van der Waals surface area contributed by atoms with Crippen molar-refractivity contribution >= 4 is 23.2 Å². The van der Waals surface area contributed by atoms with E-state index >= 15 is 0 Å². The number of hydrogen-bond acceptors (Lipinski definition) is 3. The summed E-state index contributed by atoms with van der Waals surface area (Å²) in [5, 5.41) is 2.88. The lowest BCUT2D eigenvalue weighted by atomic mass is 9.89. The molecule has 0 bridgehead atoms. The Morgan fingerprint density at radius 1 is 1.33 bits per heavy atom. The van der Waals surface area contributed by atoms with Crippen molar-refractivity contribution in [1.82, 2.24) is 5.32 Å². The van der Waals surface area contributed by atoms with E-state index in [9.17, 15) is 9.18 Å². The summed E-state index contributed by atoms with van der Waals surface area (Å²) in [7, 11) is 0. The predicted molar refractivity (Wildman–Crippen MR) is 91.8 cm³/mol. The zero-order valence-corrected chi connectivity index (χ0v) is 14.2. The fourth-order valence-electron chi connectivity index (χ4n) is 2.88. The summed E-state index contributed by atoms with van der Waals surface area (Å²) in [4.78, 5) is 12.5. The molecular formula is C18H18ClFN2O2. The average molecular weight is 349 g/mol. The smallest absolute Gasteiger partial charge is 0.251 e. The van der Waals surface area contributed by atoms with Gasteiger partial charge in [0.2, 0.25) is 0 Å². The predicted octanol–water partition coefficient (Wildman–Crippen LogP) is 4.09. The van der Waals surface area contributed by atoms with E-state index in [-0.39, 0.29) is 17.0 Å². The highest BCUT2D eigenvalue weighted by molar-refractivity contribution is 6.31. The van der Waals surface area contributed by atoms with Crippen LogP contribution in [0.2, 0.25) is 5.02 Å². The molecule has 0 fully saturated rings. The van der Waals surface area contributed by atoms with Gasteiger partial charge in [0.05, 0.1) is 11.1 Å². The maximum absolute atomic E-state index is 13.3. The van der Waals surface area contributed by atoms with Crippen LogP contribution in [0.1, 0.15) is 42.2 Å². The molecule has 24 heavy (non-hydrogen) atoms. The van der Waals surface area contributed by atoms with Crippen LogP contribution in [0.5, 0.6) is 5.75 Å². The van der Waals surface area contributed by atoms with Crippen LogP contribution < -0.4 is 15.8 Å². The van der Waals surface area contributed by atoms with Crippen molar-refractivity contribution in [3.63, 3.8) is 0 Å². The molecule has 3 rings (SSSR count). The molecular weight excluding hydrogens is 331 g/mol. The number of benzene rings is 2. The minimum atomic E-state index is -0.557. The van der Waals surface area contributed by atoms with Crippen LogP contribution in [-0.2, 0) is 0 Å². The molecule has 126 valence electrons. The molecule has 1 aliphatic rings. The largest absolute Gasteiger partial charge is 0.487 e. The molecule has 0 saturated heterocycles. The van der Waals surface area contributed by atoms with Crippen LogP contribution in [0, 0.1) is 5.82 Å². The molecule has 0 saturated carbocycles.